The molecule has 0 radical (unpaired) electrons. The first kappa shape index (κ1) is 14.3. The first-order chi connectivity index (χ1) is 11.4. The van der Waals surface area contributed by atoms with Gasteiger partial charge in [-0.25, -0.2) is 4.98 Å². The van der Waals surface area contributed by atoms with Crippen LogP contribution in [0, 0.1) is 0 Å². The lowest BCUT2D eigenvalue weighted by Crippen LogP contribution is -2.04. The highest BCUT2D eigenvalue weighted by molar-refractivity contribution is 5.76. The van der Waals surface area contributed by atoms with E-state index < -0.39 is 0 Å². The summed E-state index contributed by atoms with van der Waals surface area (Å²) in [6, 6.07) is 20.7. The zero-order valence-electron chi connectivity index (χ0n) is 13.2. The molecular formula is C21H21NO. The zero-order valence-corrected chi connectivity index (χ0v) is 13.2. The molecule has 4 rings (SSSR count). The Kier molecular flexibility index (Phi) is 3.97. The smallest absolute Gasteiger partial charge is 0.198 e. The van der Waals surface area contributed by atoms with Crippen molar-refractivity contribution in [1.29, 1.82) is 0 Å². The summed E-state index contributed by atoms with van der Waals surface area (Å²) in [5.41, 5.74) is 3.19. The maximum atomic E-state index is 6.28. The molecule has 0 bridgehead atoms. The van der Waals surface area contributed by atoms with Gasteiger partial charge in [0.25, 0.3) is 0 Å². The average molecular weight is 303 g/mol. The molecule has 0 amide bonds. The van der Waals surface area contributed by atoms with Gasteiger partial charge in [-0.2, -0.15) is 0 Å². The van der Waals surface area contributed by atoms with Gasteiger partial charge in [-0.05, 0) is 12.8 Å². The number of rotatable bonds is 3. The van der Waals surface area contributed by atoms with E-state index in [1.54, 1.807) is 0 Å². The highest BCUT2D eigenvalue weighted by Gasteiger charge is 2.24. The average Bonchev–Trinajstić information content (AvgIpc) is 3.09. The molecule has 0 saturated heterocycles. The molecule has 0 aliphatic heterocycles. The lowest BCUT2D eigenvalue weighted by molar-refractivity contribution is 0.367. The van der Waals surface area contributed by atoms with Gasteiger partial charge in [-0.1, -0.05) is 79.9 Å². The Morgan fingerprint density at radius 1 is 0.739 bits per heavy atom. The van der Waals surface area contributed by atoms with Crippen LogP contribution in [-0.2, 0) is 0 Å². The second kappa shape index (κ2) is 6.41. The van der Waals surface area contributed by atoms with Crippen molar-refractivity contribution in [3.8, 4) is 22.6 Å². The fourth-order valence-corrected chi connectivity index (χ4v) is 3.44. The SMILES string of the molecule is c1ccc(-c2nc(C3CCCCC3)oc2-c2ccccc2)cc1. The third-order valence-electron chi connectivity index (χ3n) is 4.68. The maximum absolute atomic E-state index is 6.28. The molecule has 2 heteroatoms. The summed E-state index contributed by atoms with van der Waals surface area (Å²) in [6.45, 7) is 0. The number of hydrogen-bond donors (Lipinski definition) is 0. The third kappa shape index (κ3) is 2.94. The van der Waals surface area contributed by atoms with E-state index in [4.69, 9.17) is 9.40 Å². The Morgan fingerprint density at radius 2 is 1.35 bits per heavy atom. The molecular weight excluding hydrogens is 282 g/mol. The quantitative estimate of drug-likeness (QED) is 0.588. The third-order valence-corrected chi connectivity index (χ3v) is 4.68. The lowest BCUT2D eigenvalue weighted by atomic mass is 9.89. The van der Waals surface area contributed by atoms with E-state index in [0.29, 0.717) is 5.92 Å². The van der Waals surface area contributed by atoms with Crippen LogP contribution in [0.1, 0.15) is 43.9 Å². The van der Waals surface area contributed by atoms with Crippen molar-refractivity contribution < 1.29 is 4.42 Å². The fraction of sp³-hybridized carbons (Fsp3) is 0.286. The van der Waals surface area contributed by atoms with Gasteiger partial charge >= 0.3 is 0 Å². The molecule has 0 atom stereocenters. The molecule has 1 aliphatic carbocycles. The predicted molar refractivity (Wildman–Crippen MR) is 93.2 cm³/mol. The van der Waals surface area contributed by atoms with Gasteiger partial charge in [0.1, 0.15) is 5.69 Å². The van der Waals surface area contributed by atoms with E-state index in [1.165, 1.54) is 32.1 Å². The van der Waals surface area contributed by atoms with Crippen LogP contribution >= 0.6 is 0 Å². The topological polar surface area (TPSA) is 26.0 Å². The van der Waals surface area contributed by atoms with E-state index in [-0.39, 0.29) is 0 Å². The van der Waals surface area contributed by atoms with Gasteiger partial charge < -0.3 is 4.42 Å². The Hall–Kier alpha value is -2.35. The highest BCUT2D eigenvalue weighted by atomic mass is 16.4. The van der Waals surface area contributed by atoms with Gasteiger partial charge in [0.2, 0.25) is 0 Å². The van der Waals surface area contributed by atoms with Crippen LogP contribution < -0.4 is 0 Å². The Balaban J connectivity index is 1.81. The van der Waals surface area contributed by atoms with Gasteiger partial charge in [0.05, 0.1) is 0 Å². The minimum atomic E-state index is 0.476. The molecule has 1 heterocycles. The number of oxazole rings is 1. The van der Waals surface area contributed by atoms with Crippen molar-refractivity contribution in [3.05, 3.63) is 66.6 Å². The maximum Gasteiger partial charge on any atom is 0.198 e. The van der Waals surface area contributed by atoms with Crippen LogP contribution in [0.4, 0.5) is 0 Å². The molecule has 1 aliphatic rings. The molecule has 116 valence electrons. The summed E-state index contributed by atoms with van der Waals surface area (Å²) >= 11 is 0. The van der Waals surface area contributed by atoms with Crippen LogP contribution in [0.25, 0.3) is 22.6 Å². The molecule has 0 N–H and O–H groups in total. The first-order valence-corrected chi connectivity index (χ1v) is 8.53. The van der Waals surface area contributed by atoms with Crippen molar-refractivity contribution in [3.63, 3.8) is 0 Å². The second-order valence-electron chi connectivity index (χ2n) is 6.30. The Labute approximate surface area is 137 Å². The summed E-state index contributed by atoms with van der Waals surface area (Å²) in [5.74, 6) is 2.29. The minimum absolute atomic E-state index is 0.476. The summed E-state index contributed by atoms with van der Waals surface area (Å²) in [5, 5.41) is 0. The molecule has 23 heavy (non-hydrogen) atoms. The van der Waals surface area contributed by atoms with Crippen molar-refractivity contribution in [2.45, 2.75) is 38.0 Å². The van der Waals surface area contributed by atoms with E-state index in [9.17, 15) is 0 Å². The molecule has 2 nitrogen and oxygen atoms in total. The number of hydrogen-bond acceptors (Lipinski definition) is 2. The molecule has 0 spiro atoms. The number of aromatic nitrogens is 1. The minimum Gasteiger partial charge on any atom is -0.440 e. The van der Waals surface area contributed by atoms with E-state index in [2.05, 4.69) is 36.4 Å². The summed E-state index contributed by atoms with van der Waals surface area (Å²) < 4.78 is 6.28. The van der Waals surface area contributed by atoms with Crippen LogP contribution in [0.5, 0.6) is 0 Å². The van der Waals surface area contributed by atoms with Crippen LogP contribution in [0.2, 0.25) is 0 Å². The fourth-order valence-electron chi connectivity index (χ4n) is 3.44. The second-order valence-corrected chi connectivity index (χ2v) is 6.30. The van der Waals surface area contributed by atoms with E-state index in [1.807, 2.05) is 24.3 Å². The molecule has 1 aromatic heterocycles. The lowest BCUT2D eigenvalue weighted by Gasteiger charge is -2.17. The molecule has 0 unspecified atom stereocenters. The van der Waals surface area contributed by atoms with Crippen molar-refractivity contribution >= 4 is 0 Å². The monoisotopic (exact) mass is 303 g/mol. The van der Waals surface area contributed by atoms with Gasteiger partial charge in [-0.3, -0.25) is 0 Å². The highest BCUT2D eigenvalue weighted by Crippen LogP contribution is 2.38. The van der Waals surface area contributed by atoms with Crippen molar-refractivity contribution in [2.75, 3.05) is 0 Å². The zero-order chi connectivity index (χ0) is 15.5. The molecule has 1 fully saturated rings. The standard InChI is InChI=1S/C21H21NO/c1-4-10-16(11-5-1)19-20(17-12-6-2-7-13-17)23-21(22-19)18-14-8-3-9-15-18/h1-2,4-7,10-13,18H,3,8-9,14-15H2. The molecule has 1 saturated carbocycles. The van der Waals surface area contributed by atoms with E-state index in [0.717, 1.165) is 28.5 Å². The van der Waals surface area contributed by atoms with Crippen LogP contribution in [-0.4, -0.2) is 4.98 Å². The van der Waals surface area contributed by atoms with E-state index >= 15 is 0 Å². The molecule has 2 aromatic carbocycles. The largest absolute Gasteiger partial charge is 0.440 e. The first-order valence-electron chi connectivity index (χ1n) is 8.53. The summed E-state index contributed by atoms with van der Waals surface area (Å²) in [4.78, 5) is 4.91. The van der Waals surface area contributed by atoms with Crippen molar-refractivity contribution in [2.24, 2.45) is 0 Å². The Morgan fingerprint density at radius 3 is 2.00 bits per heavy atom. The molecule has 3 aromatic rings. The van der Waals surface area contributed by atoms with Gasteiger partial charge in [0, 0.05) is 17.0 Å². The Bertz CT molecular complexity index is 698. The predicted octanol–water partition coefficient (Wildman–Crippen LogP) is 6.06. The van der Waals surface area contributed by atoms with Crippen molar-refractivity contribution in [1.82, 2.24) is 4.98 Å². The summed E-state index contributed by atoms with van der Waals surface area (Å²) in [7, 11) is 0. The van der Waals surface area contributed by atoms with Crippen LogP contribution in [0.3, 0.4) is 0 Å². The normalized spacial score (nSPS) is 15.7. The number of benzene rings is 2. The van der Waals surface area contributed by atoms with Gasteiger partial charge in [-0.15, -0.1) is 0 Å². The summed E-state index contributed by atoms with van der Waals surface area (Å²) in [6.07, 6.45) is 6.31. The van der Waals surface area contributed by atoms with Gasteiger partial charge in [0.15, 0.2) is 11.7 Å². The van der Waals surface area contributed by atoms with Crippen LogP contribution in [0.15, 0.2) is 65.1 Å². The number of nitrogens with zero attached hydrogens (tertiary/aromatic N) is 1.